The number of carbonyl (C=O) groups is 1. The van der Waals surface area contributed by atoms with Gasteiger partial charge < -0.3 is 4.74 Å². The van der Waals surface area contributed by atoms with Crippen LogP contribution in [0.15, 0.2) is 29.2 Å². The molecule has 1 aromatic rings. The van der Waals surface area contributed by atoms with Crippen LogP contribution in [0.25, 0.3) is 0 Å². The van der Waals surface area contributed by atoms with Crippen LogP contribution in [0.4, 0.5) is 0 Å². The highest BCUT2D eigenvalue weighted by atomic mass is 32.2. The molecule has 16 heavy (non-hydrogen) atoms. The molecule has 0 aromatic heterocycles. The van der Waals surface area contributed by atoms with Gasteiger partial charge in [0.25, 0.3) is 0 Å². The molecule has 0 spiro atoms. The van der Waals surface area contributed by atoms with Crippen LogP contribution in [0.1, 0.15) is 12.5 Å². The van der Waals surface area contributed by atoms with Gasteiger partial charge in [-0.1, -0.05) is 18.2 Å². The molecule has 1 atom stereocenters. The van der Waals surface area contributed by atoms with Crippen molar-refractivity contribution in [3.63, 3.8) is 0 Å². The first-order valence-electron chi connectivity index (χ1n) is 4.84. The van der Waals surface area contributed by atoms with Gasteiger partial charge in [-0.2, -0.15) is 0 Å². The molecule has 0 aliphatic carbocycles. The standard InChI is InChI=1S/C11H12O4S/c1-11(10(12)15-2)7-8-5-3-4-6-9(8)16(11,13)14/h3-6H,7H2,1-2H3/t11-/m0/s1. The van der Waals surface area contributed by atoms with Gasteiger partial charge in [0.05, 0.1) is 12.0 Å². The number of esters is 1. The minimum atomic E-state index is -3.63. The molecule has 1 aliphatic rings. The number of sulfone groups is 1. The normalized spacial score (nSPS) is 26.1. The average molecular weight is 240 g/mol. The van der Waals surface area contributed by atoms with Gasteiger partial charge in [-0.05, 0) is 18.6 Å². The van der Waals surface area contributed by atoms with E-state index in [1.807, 2.05) is 0 Å². The Hall–Kier alpha value is -1.36. The first-order valence-corrected chi connectivity index (χ1v) is 6.33. The predicted octanol–water partition coefficient (Wildman–Crippen LogP) is 0.948. The van der Waals surface area contributed by atoms with Gasteiger partial charge >= 0.3 is 5.97 Å². The van der Waals surface area contributed by atoms with E-state index in [9.17, 15) is 13.2 Å². The number of methoxy groups -OCH3 is 1. The molecule has 0 radical (unpaired) electrons. The van der Waals surface area contributed by atoms with E-state index < -0.39 is 20.6 Å². The van der Waals surface area contributed by atoms with Crippen molar-refractivity contribution in [1.29, 1.82) is 0 Å². The topological polar surface area (TPSA) is 60.4 Å². The third kappa shape index (κ3) is 1.21. The molecule has 2 rings (SSSR count). The molecule has 1 heterocycles. The average Bonchev–Trinajstić information content (AvgIpc) is 2.47. The van der Waals surface area contributed by atoms with Crippen molar-refractivity contribution >= 4 is 15.8 Å². The van der Waals surface area contributed by atoms with Crippen LogP contribution in [0, 0.1) is 0 Å². The molecule has 5 heteroatoms. The second-order valence-electron chi connectivity index (χ2n) is 4.01. The van der Waals surface area contributed by atoms with Gasteiger partial charge in [-0.3, -0.25) is 4.79 Å². The van der Waals surface area contributed by atoms with E-state index >= 15 is 0 Å². The molecular formula is C11H12O4S. The van der Waals surface area contributed by atoms with E-state index in [1.165, 1.54) is 20.1 Å². The van der Waals surface area contributed by atoms with Gasteiger partial charge in [0.15, 0.2) is 14.6 Å². The van der Waals surface area contributed by atoms with Gasteiger partial charge in [-0.25, -0.2) is 8.42 Å². The summed E-state index contributed by atoms with van der Waals surface area (Å²) in [5, 5.41) is 0. The molecule has 0 saturated heterocycles. The molecule has 0 saturated carbocycles. The Morgan fingerprint density at radius 2 is 2.00 bits per heavy atom. The summed E-state index contributed by atoms with van der Waals surface area (Å²) >= 11 is 0. The lowest BCUT2D eigenvalue weighted by Gasteiger charge is -2.19. The summed E-state index contributed by atoms with van der Waals surface area (Å²) in [6.07, 6.45) is 0.179. The van der Waals surface area contributed by atoms with E-state index in [0.29, 0.717) is 5.56 Å². The van der Waals surface area contributed by atoms with Crippen molar-refractivity contribution in [3.05, 3.63) is 29.8 Å². The first kappa shape index (κ1) is 11.1. The predicted molar refractivity (Wildman–Crippen MR) is 57.8 cm³/mol. The Morgan fingerprint density at radius 1 is 1.38 bits per heavy atom. The summed E-state index contributed by atoms with van der Waals surface area (Å²) in [7, 11) is -2.43. The lowest BCUT2D eigenvalue weighted by Crippen LogP contribution is -2.42. The molecule has 0 N–H and O–H groups in total. The lowest BCUT2D eigenvalue weighted by atomic mass is 10.0. The zero-order valence-electron chi connectivity index (χ0n) is 9.06. The lowest BCUT2D eigenvalue weighted by molar-refractivity contribution is -0.143. The molecule has 0 fully saturated rings. The molecule has 0 amide bonds. The number of rotatable bonds is 1. The second kappa shape index (κ2) is 3.31. The third-order valence-electron chi connectivity index (χ3n) is 3.00. The minimum Gasteiger partial charge on any atom is -0.468 e. The number of fused-ring (bicyclic) bond motifs is 1. The SMILES string of the molecule is COC(=O)[C@]1(C)Cc2ccccc2S1(=O)=O. The summed E-state index contributed by atoms with van der Waals surface area (Å²) < 4.78 is 27.5. The number of hydrogen-bond donors (Lipinski definition) is 0. The van der Waals surface area contributed by atoms with Crippen LogP contribution < -0.4 is 0 Å². The van der Waals surface area contributed by atoms with Crippen molar-refractivity contribution in [2.75, 3.05) is 7.11 Å². The number of carbonyl (C=O) groups excluding carboxylic acids is 1. The van der Waals surface area contributed by atoms with E-state index in [2.05, 4.69) is 4.74 Å². The maximum atomic E-state index is 12.2. The summed E-state index contributed by atoms with van der Waals surface area (Å²) in [5.74, 6) is -0.705. The summed E-state index contributed by atoms with van der Waals surface area (Å²) in [5.41, 5.74) is 0.676. The van der Waals surface area contributed by atoms with E-state index in [-0.39, 0.29) is 11.3 Å². The van der Waals surface area contributed by atoms with E-state index in [1.54, 1.807) is 18.2 Å². The molecule has 1 aromatic carbocycles. The van der Waals surface area contributed by atoms with Gasteiger partial charge in [0, 0.05) is 6.42 Å². The molecule has 0 unspecified atom stereocenters. The molecule has 4 nitrogen and oxygen atoms in total. The first-order chi connectivity index (χ1) is 7.43. The maximum absolute atomic E-state index is 12.2. The van der Waals surface area contributed by atoms with E-state index in [4.69, 9.17) is 0 Å². The van der Waals surface area contributed by atoms with Gasteiger partial charge in [-0.15, -0.1) is 0 Å². The Kier molecular flexibility index (Phi) is 2.31. The summed E-state index contributed by atoms with van der Waals surface area (Å²) in [4.78, 5) is 11.9. The fourth-order valence-corrected chi connectivity index (χ4v) is 3.89. The van der Waals surface area contributed by atoms with Crippen molar-refractivity contribution in [1.82, 2.24) is 0 Å². The maximum Gasteiger partial charge on any atom is 0.327 e. The van der Waals surface area contributed by atoms with Crippen molar-refractivity contribution in [2.24, 2.45) is 0 Å². The van der Waals surface area contributed by atoms with Crippen molar-refractivity contribution < 1.29 is 17.9 Å². The second-order valence-corrected chi connectivity index (χ2v) is 6.36. The summed E-state index contributed by atoms with van der Waals surface area (Å²) in [6.45, 7) is 1.41. The highest BCUT2D eigenvalue weighted by Gasteiger charge is 2.53. The van der Waals surface area contributed by atoms with Crippen molar-refractivity contribution in [3.8, 4) is 0 Å². The molecule has 0 bridgehead atoms. The van der Waals surface area contributed by atoms with Crippen LogP contribution in [-0.2, 0) is 25.8 Å². The fourth-order valence-electron chi connectivity index (χ4n) is 2.01. The van der Waals surface area contributed by atoms with Crippen LogP contribution in [0.3, 0.4) is 0 Å². The highest BCUT2D eigenvalue weighted by molar-refractivity contribution is 7.94. The number of ether oxygens (including phenoxy) is 1. The zero-order valence-corrected chi connectivity index (χ0v) is 9.87. The minimum absolute atomic E-state index is 0.179. The fraction of sp³-hybridized carbons (Fsp3) is 0.364. The number of hydrogen-bond acceptors (Lipinski definition) is 4. The molecular weight excluding hydrogens is 228 g/mol. The highest BCUT2D eigenvalue weighted by Crippen LogP contribution is 2.39. The smallest absolute Gasteiger partial charge is 0.327 e. The van der Waals surface area contributed by atoms with Crippen LogP contribution >= 0.6 is 0 Å². The number of benzene rings is 1. The van der Waals surface area contributed by atoms with E-state index in [0.717, 1.165) is 0 Å². The van der Waals surface area contributed by atoms with Crippen LogP contribution in [0.2, 0.25) is 0 Å². The Balaban J connectivity index is 2.65. The third-order valence-corrected chi connectivity index (χ3v) is 5.47. The van der Waals surface area contributed by atoms with Crippen LogP contribution in [-0.4, -0.2) is 26.2 Å². The zero-order chi connectivity index (χ0) is 12.0. The largest absolute Gasteiger partial charge is 0.468 e. The van der Waals surface area contributed by atoms with Crippen LogP contribution in [0.5, 0.6) is 0 Å². The Labute approximate surface area is 94.2 Å². The van der Waals surface area contributed by atoms with Gasteiger partial charge in [0.1, 0.15) is 0 Å². The molecule has 86 valence electrons. The van der Waals surface area contributed by atoms with Crippen molar-refractivity contribution in [2.45, 2.75) is 23.0 Å². The summed E-state index contributed by atoms with van der Waals surface area (Å²) in [6, 6.07) is 6.66. The monoisotopic (exact) mass is 240 g/mol. The quantitative estimate of drug-likeness (QED) is 0.686. The van der Waals surface area contributed by atoms with Gasteiger partial charge in [0.2, 0.25) is 0 Å². The molecule has 1 aliphatic heterocycles. The Morgan fingerprint density at radius 3 is 2.56 bits per heavy atom. The Bertz CT molecular complexity index is 547.